The topological polar surface area (TPSA) is 47.8 Å². The Morgan fingerprint density at radius 3 is 2.48 bits per heavy atom. The van der Waals surface area contributed by atoms with Crippen LogP contribution >= 0.6 is 0 Å². The second kappa shape index (κ2) is 6.04. The molecule has 0 spiro atoms. The Kier molecular flexibility index (Phi) is 4.36. The molecule has 0 amide bonds. The van der Waals surface area contributed by atoms with Crippen molar-refractivity contribution in [2.75, 3.05) is 0 Å². The van der Waals surface area contributed by atoms with Crippen molar-refractivity contribution in [1.82, 2.24) is 14.5 Å². The second-order valence-corrected chi connectivity index (χ2v) is 5.05. The van der Waals surface area contributed by atoms with Crippen molar-refractivity contribution in [3.05, 3.63) is 46.8 Å². The summed E-state index contributed by atoms with van der Waals surface area (Å²) in [5.74, 6) is 0.218. The third kappa shape index (κ3) is 2.53. The smallest absolute Gasteiger partial charge is 0.294 e. The summed E-state index contributed by atoms with van der Waals surface area (Å²) in [6.07, 6.45) is 3.57. The van der Waals surface area contributed by atoms with Crippen molar-refractivity contribution in [3.63, 3.8) is 0 Å². The van der Waals surface area contributed by atoms with E-state index in [0.717, 1.165) is 27.4 Å². The van der Waals surface area contributed by atoms with Crippen molar-refractivity contribution in [2.45, 2.75) is 33.6 Å². The third-order valence-corrected chi connectivity index (χ3v) is 3.45. The van der Waals surface area contributed by atoms with Crippen LogP contribution in [0.15, 0.2) is 35.4 Å². The molecular weight excluding hydrogens is 262 g/mol. The minimum absolute atomic E-state index is 0.208. The first-order chi connectivity index (χ1) is 10.1. The fraction of sp³-hybridized carbons (Fsp3) is 0.353. The Morgan fingerprint density at radius 2 is 1.81 bits per heavy atom. The number of benzene rings is 1. The van der Waals surface area contributed by atoms with Gasteiger partial charge in [-0.3, -0.25) is 9.55 Å². The summed E-state index contributed by atoms with van der Waals surface area (Å²) in [5, 5.41) is 3.11. The molecule has 110 valence electrons. The summed E-state index contributed by atoms with van der Waals surface area (Å²) >= 11 is 0. The number of hydrogen-bond donors (Lipinski definition) is 0. The average Bonchev–Trinajstić information content (AvgIpc) is 2.51. The van der Waals surface area contributed by atoms with Crippen LogP contribution in [0.4, 0.5) is 0 Å². The third-order valence-electron chi connectivity index (χ3n) is 3.45. The quantitative estimate of drug-likeness (QED) is 0.641. The van der Waals surface area contributed by atoms with Crippen LogP contribution in [0.25, 0.3) is 21.7 Å². The Hall–Kier alpha value is -2.23. The molecule has 21 heavy (non-hydrogen) atoms. The summed E-state index contributed by atoms with van der Waals surface area (Å²) in [5.41, 5.74) is 1.58. The van der Waals surface area contributed by atoms with E-state index in [-0.39, 0.29) is 11.6 Å². The van der Waals surface area contributed by atoms with Gasteiger partial charge >= 0.3 is 5.69 Å². The Morgan fingerprint density at radius 1 is 1.10 bits per heavy atom. The van der Waals surface area contributed by atoms with Gasteiger partial charge in [-0.1, -0.05) is 39.8 Å². The van der Waals surface area contributed by atoms with Crippen LogP contribution in [0.1, 0.15) is 39.3 Å². The summed E-state index contributed by atoms with van der Waals surface area (Å²) in [4.78, 5) is 20.4. The normalized spacial score (nSPS) is 10.8. The van der Waals surface area contributed by atoms with Crippen LogP contribution in [0.5, 0.6) is 0 Å². The highest BCUT2D eigenvalue weighted by Crippen LogP contribution is 2.27. The zero-order chi connectivity index (χ0) is 15.6. The lowest BCUT2D eigenvalue weighted by Gasteiger charge is -2.13. The highest BCUT2D eigenvalue weighted by molar-refractivity contribution is 6.05. The van der Waals surface area contributed by atoms with Gasteiger partial charge in [-0.25, -0.2) is 4.79 Å². The van der Waals surface area contributed by atoms with E-state index in [4.69, 9.17) is 0 Å². The Balaban J connectivity index is 0.000000774. The van der Waals surface area contributed by atoms with Gasteiger partial charge in [0.25, 0.3) is 0 Å². The molecule has 0 aliphatic rings. The molecule has 1 aromatic carbocycles. The first-order valence-electron chi connectivity index (χ1n) is 7.33. The monoisotopic (exact) mass is 283 g/mol. The van der Waals surface area contributed by atoms with E-state index < -0.39 is 0 Å². The van der Waals surface area contributed by atoms with E-state index in [1.807, 2.05) is 38.2 Å². The minimum atomic E-state index is -0.208. The number of nitrogens with zero attached hydrogens (tertiary/aromatic N) is 3. The Bertz CT molecular complexity index is 834. The molecule has 0 saturated carbocycles. The lowest BCUT2D eigenvalue weighted by molar-refractivity contribution is 0.776. The molecule has 3 aromatic rings. The second-order valence-electron chi connectivity index (χ2n) is 5.05. The van der Waals surface area contributed by atoms with Gasteiger partial charge in [0.05, 0.1) is 11.2 Å². The van der Waals surface area contributed by atoms with E-state index in [2.05, 4.69) is 23.8 Å². The van der Waals surface area contributed by atoms with Crippen LogP contribution in [-0.2, 0) is 7.05 Å². The first-order valence-corrected chi connectivity index (χ1v) is 7.33. The van der Waals surface area contributed by atoms with Gasteiger partial charge in [0.2, 0.25) is 0 Å². The van der Waals surface area contributed by atoms with E-state index in [1.165, 1.54) is 0 Å². The highest BCUT2D eigenvalue weighted by atomic mass is 16.1. The van der Waals surface area contributed by atoms with Gasteiger partial charge < -0.3 is 0 Å². The summed E-state index contributed by atoms with van der Waals surface area (Å²) in [7, 11) is 1.77. The van der Waals surface area contributed by atoms with E-state index in [0.29, 0.717) is 0 Å². The van der Waals surface area contributed by atoms with Crippen LogP contribution in [0, 0.1) is 0 Å². The van der Waals surface area contributed by atoms with E-state index in [9.17, 15) is 4.79 Å². The van der Waals surface area contributed by atoms with Crippen molar-refractivity contribution in [1.29, 1.82) is 0 Å². The zero-order valence-electron chi connectivity index (χ0n) is 13.2. The number of aryl methyl sites for hydroxylation is 1. The molecule has 0 aliphatic carbocycles. The van der Waals surface area contributed by atoms with Crippen LogP contribution in [0.2, 0.25) is 0 Å². The summed E-state index contributed by atoms with van der Waals surface area (Å²) in [6.45, 7) is 8.11. The Labute approximate surface area is 124 Å². The first kappa shape index (κ1) is 15.2. The van der Waals surface area contributed by atoms with Crippen LogP contribution in [-0.4, -0.2) is 14.5 Å². The van der Waals surface area contributed by atoms with Crippen LogP contribution < -0.4 is 5.69 Å². The number of fused-ring (bicyclic) bond motifs is 3. The zero-order valence-corrected chi connectivity index (χ0v) is 13.2. The van der Waals surface area contributed by atoms with Crippen LogP contribution in [0.3, 0.4) is 0 Å². The maximum atomic E-state index is 12.0. The van der Waals surface area contributed by atoms with Gasteiger partial charge in [0.1, 0.15) is 0 Å². The summed E-state index contributed by atoms with van der Waals surface area (Å²) in [6, 6.07) is 6.00. The maximum Gasteiger partial charge on any atom is 0.348 e. The largest absolute Gasteiger partial charge is 0.348 e. The molecule has 0 unspecified atom stereocenters. The molecule has 0 bridgehead atoms. The van der Waals surface area contributed by atoms with Gasteiger partial charge in [-0.05, 0) is 12.0 Å². The van der Waals surface area contributed by atoms with Crippen molar-refractivity contribution >= 4 is 21.7 Å². The standard InChI is InChI=1S/C15H15N3O.C2H6/c1-9(2)13-12-5-4-10-8-16-7-6-11(10)14(12)18(3)15(19)17-13;1-2/h4-9H,1-3H3;1-2H3. The van der Waals surface area contributed by atoms with Gasteiger partial charge in [0.15, 0.2) is 0 Å². The van der Waals surface area contributed by atoms with E-state index in [1.54, 1.807) is 17.8 Å². The molecule has 3 rings (SSSR count). The minimum Gasteiger partial charge on any atom is -0.294 e. The van der Waals surface area contributed by atoms with Crippen molar-refractivity contribution < 1.29 is 0 Å². The molecule has 0 N–H and O–H groups in total. The molecule has 4 heteroatoms. The van der Waals surface area contributed by atoms with Gasteiger partial charge in [0, 0.05) is 35.6 Å². The van der Waals surface area contributed by atoms with Gasteiger partial charge in [-0.2, -0.15) is 4.98 Å². The maximum absolute atomic E-state index is 12.0. The predicted octanol–water partition coefficient (Wildman–Crippen LogP) is 3.63. The average molecular weight is 283 g/mol. The molecule has 0 atom stereocenters. The predicted molar refractivity (Wildman–Crippen MR) is 87.7 cm³/mol. The van der Waals surface area contributed by atoms with E-state index >= 15 is 0 Å². The fourth-order valence-electron chi connectivity index (χ4n) is 2.49. The number of rotatable bonds is 1. The van der Waals surface area contributed by atoms with Gasteiger partial charge in [-0.15, -0.1) is 0 Å². The lowest BCUT2D eigenvalue weighted by atomic mass is 10.0. The summed E-state index contributed by atoms with van der Waals surface area (Å²) < 4.78 is 1.61. The number of aromatic nitrogens is 3. The molecule has 0 fully saturated rings. The fourth-order valence-corrected chi connectivity index (χ4v) is 2.49. The lowest BCUT2D eigenvalue weighted by Crippen LogP contribution is -2.22. The molecule has 0 radical (unpaired) electrons. The highest BCUT2D eigenvalue weighted by Gasteiger charge is 2.13. The molecule has 4 nitrogen and oxygen atoms in total. The number of hydrogen-bond acceptors (Lipinski definition) is 3. The molecule has 2 aromatic heterocycles. The van der Waals surface area contributed by atoms with Crippen molar-refractivity contribution in [2.24, 2.45) is 7.05 Å². The number of pyridine rings is 1. The molecule has 0 aliphatic heterocycles. The SMILES string of the molecule is CC.CC(C)c1nc(=O)n(C)c2c1ccc1cnccc12. The molecular formula is C17H21N3O. The molecule has 2 heterocycles. The molecule has 0 saturated heterocycles. The van der Waals surface area contributed by atoms with Crippen molar-refractivity contribution in [3.8, 4) is 0 Å².